The second-order valence-corrected chi connectivity index (χ2v) is 1.85. The van der Waals surface area contributed by atoms with Crippen LogP contribution < -0.4 is 0 Å². The molecule has 0 heterocycles. The van der Waals surface area contributed by atoms with Crippen LogP contribution in [-0.4, -0.2) is 27.4 Å². The van der Waals surface area contributed by atoms with Gasteiger partial charge in [0.15, 0.2) is 0 Å². The fraction of sp³-hybridized carbons (Fsp3) is 0.857. The zero-order valence-corrected chi connectivity index (χ0v) is 6.22. The lowest BCUT2D eigenvalue weighted by molar-refractivity contribution is 0.187. The first kappa shape index (κ1) is 8.92. The van der Waals surface area contributed by atoms with Gasteiger partial charge in [0.2, 0.25) is 0 Å². The minimum atomic E-state index is 0.823. The van der Waals surface area contributed by atoms with Gasteiger partial charge in [-0.15, -0.1) is 0 Å². The van der Waals surface area contributed by atoms with E-state index in [4.69, 9.17) is 9.47 Å². The third-order valence-electron chi connectivity index (χ3n) is 1.05. The van der Waals surface area contributed by atoms with Crippen LogP contribution in [0.25, 0.3) is 0 Å². The third-order valence-corrected chi connectivity index (χ3v) is 1.05. The first-order valence-electron chi connectivity index (χ1n) is 3.21. The standard InChI is InChI=1S/C7H15O2/c1-8-6-4-3-5-7-9-2/h3H,4-7H2,1-2H3. The Morgan fingerprint density at radius 3 is 1.78 bits per heavy atom. The average Bonchev–Trinajstić information content (AvgIpc) is 1.89. The van der Waals surface area contributed by atoms with E-state index in [-0.39, 0.29) is 0 Å². The summed E-state index contributed by atoms with van der Waals surface area (Å²) in [6.07, 6.45) is 4.23. The Balaban J connectivity index is 2.60. The number of ether oxygens (including phenoxy) is 2. The van der Waals surface area contributed by atoms with E-state index in [1.807, 2.05) is 0 Å². The molecule has 0 aliphatic carbocycles. The van der Waals surface area contributed by atoms with Crippen LogP contribution >= 0.6 is 0 Å². The molecule has 0 aromatic rings. The summed E-state index contributed by atoms with van der Waals surface area (Å²) in [4.78, 5) is 0. The second kappa shape index (κ2) is 7.92. The molecule has 0 aromatic heterocycles. The molecule has 0 spiro atoms. The normalized spacial score (nSPS) is 10.0. The number of rotatable bonds is 6. The molecule has 0 amide bonds. The van der Waals surface area contributed by atoms with Gasteiger partial charge in [-0.05, 0) is 19.3 Å². The molecular formula is C7H15O2. The summed E-state index contributed by atoms with van der Waals surface area (Å²) in [5.74, 6) is 0. The molecular weight excluding hydrogens is 116 g/mol. The molecule has 9 heavy (non-hydrogen) atoms. The van der Waals surface area contributed by atoms with Crippen molar-refractivity contribution < 1.29 is 9.47 Å². The van der Waals surface area contributed by atoms with Gasteiger partial charge < -0.3 is 9.47 Å². The molecule has 0 saturated carbocycles. The highest BCUT2D eigenvalue weighted by atomic mass is 16.5. The number of hydrogen-bond acceptors (Lipinski definition) is 2. The predicted octanol–water partition coefficient (Wildman–Crippen LogP) is 1.26. The molecule has 1 radical (unpaired) electrons. The van der Waals surface area contributed by atoms with Crippen molar-refractivity contribution >= 4 is 0 Å². The molecule has 0 saturated heterocycles. The topological polar surface area (TPSA) is 18.5 Å². The zero-order chi connectivity index (χ0) is 6.95. The predicted molar refractivity (Wildman–Crippen MR) is 37.3 cm³/mol. The van der Waals surface area contributed by atoms with Crippen LogP contribution in [0.3, 0.4) is 0 Å². The monoisotopic (exact) mass is 131 g/mol. The SMILES string of the molecule is COCC[CH]CCOC. The number of unbranched alkanes of at least 4 members (excludes halogenated alkanes) is 2. The smallest absolute Gasteiger partial charge is 0.0465 e. The van der Waals surface area contributed by atoms with E-state index in [1.54, 1.807) is 14.2 Å². The van der Waals surface area contributed by atoms with Gasteiger partial charge in [0, 0.05) is 27.4 Å². The summed E-state index contributed by atoms with van der Waals surface area (Å²) < 4.78 is 9.70. The molecule has 0 unspecified atom stereocenters. The van der Waals surface area contributed by atoms with E-state index < -0.39 is 0 Å². The van der Waals surface area contributed by atoms with E-state index in [0.717, 1.165) is 26.1 Å². The Hall–Kier alpha value is -0.0800. The Morgan fingerprint density at radius 2 is 1.44 bits per heavy atom. The van der Waals surface area contributed by atoms with Gasteiger partial charge in [-0.1, -0.05) is 0 Å². The van der Waals surface area contributed by atoms with E-state index in [9.17, 15) is 0 Å². The summed E-state index contributed by atoms with van der Waals surface area (Å²) in [6.45, 7) is 1.65. The molecule has 0 N–H and O–H groups in total. The van der Waals surface area contributed by atoms with E-state index >= 15 is 0 Å². The number of hydrogen-bond donors (Lipinski definition) is 0. The van der Waals surface area contributed by atoms with E-state index in [0.29, 0.717) is 0 Å². The van der Waals surface area contributed by atoms with Gasteiger partial charge >= 0.3 is 0 Å². The maximum absolute atomic E-state index is 4.85. The maximum atomic E-state index is 4.85. The highest BCUT2D eigenvalue weighted by Crippen LogP contribution is 1.92. The molecule has 55 valence electrons. The van der Waals surface area contributed by atoms with Crippen LogP contribution in [0.15, 0.2) is 0 Å². The Labute approximate surface area is 57.2 Å². The minimum Gasteiger partial charge on any atom is -0.385 e. The van der Waals surface area contributed by atoms with Crippen LogP contribution in [0.2, 0.25) is 0 Å². The first-order chi connectivity index (χ1) is 4.41. The highest BCUT2D eigenvalue weighted by Gasteiger charge is 1.86. The van der Waals surface area contributed by atoms with Gasteiger partial charge in [0.1, 0.15) is 0 Å². The fourth-order valence-electron chi connectivity index (χ4n) is 0.547. The van der Waals surface area contributed by atoms with Crippen LogP contribution in [0.1, 0.15) is 12.8 Å². The van der Waals surface area contributed by atoms with Crippen molar-refractivity contribution in [1.82, 2.24) is 0 Å². The van der Waals surface area contributed by atoms with Crippen LogP contribution in [-0.2, 0) is 9.47 Å². The lowest BCUT2D eigenvalue weighted by Crippen LogP contribution is -1.92. The molecule has 0 aliphatic rings. The highest BCUT2D eigenvalue weighted by molar-refractivity contribution is 4.62. The Kier molecular flexibility index (Phi) is 7.85. The van der Waals surface area contributed by atoms with Gasteiger partial charge in [0.05, 0.1) is 0 Å². The van der Waals surface area contributed by atoms with Gasteiger partial charge in [-0.2, -0.15) is 0 Å². The zero-order valence-electron chi connectivity index (χ0n) is 6.22. The van der Waals surface area contributed by atoms with Crippen molar-refractivity contribution in [2.24, 2.45) is 0 Å². The molecule has 0 bridgehead atoms. The van der Waals surface area contributed by atoms with E-state index in [2.05, 4.69) is 6.42 Å². The first-order valence-corrected chi connectivity index (χ1v) is 3.21. The number of methoxy groups -OCH3 is 2. The molecule has 0 aliphatic heterocycles. The quantitative estimate of drug-likeness (QED) is 0.505. The van der Waals surface area contributed by atoms with Crippen LogP contribution in [0, 0.1) is 6.42 Å². The Bertz CT molecular complexity index is 40.2. The van der Waals surface area contributed by atoms with Crippen molar-refractivity contribution in [3.8, 4) is 0 Å². The van der Waals surface area contributed by atoms with Crippen molar-refractivity contribution in [3.63, 3.8) is 0 Å². The maximum Gasteiger partial charge on any atom is 0.0465 e. The van der Waals surface area contributed by atoms with Gasteiger partial charge in [0.25, 0.3) is 0 Å². The average molecular weight is 131 g/mol. The summed E-state index contributed by atoms with van der Waals surface area (Å²) in [7, 11) is 3.42. The molecule has 0 aromatic carbocycles. The Morgan fingerprint density at radius 1 is 1.00 bits per heavy atom. The van der Waals surface area contributed by atoms with Crippen molar-refractivity contribution in [3.05, 3.63) is 6.42 Å². The van der Waals surface area contributed by atoms with Crippen molar-refractivity contribution in [2.75, 3.05) is 27.4 Å². The summed E-state index contributed by atoms with van der Waals surface area (Å²) in [6, 6.07) is 0. The molecule has 0 fully saturated rings. The summed E-state index contributed by atoms with van der Waals surface area (Å²) in [5.41, 5.74) is 0. The van der Waals surface area contributed by atoms with Crippen LogP contribution in [0.4, 0.5) is 0 Å². The third kappa shape index (κ3) is 7.92. The fourth-order valence-corrected chi connectivity index (χ4v) is 0.547. The van der Waals surface area contributed by atoms with Crippen LogP contribution in [0.5, 0.6) is 0 Å². The summed E-state index contributed by atoms with van der Waals surface area (Å²) >= 11 is 0. The molecule has 0 rings (SSSR count). The minimum absolute atomic E-state index is 0.823. The molecule has 2 nitrogen and oxygen atoms in total. The molecule has 0 atom stereocenters. The van der Waals surface area contributed by atoms with Crippen molar-refractivity contribution in [2.45, 2.75) is 12.8 Å². The second-order valence-electron chi connectivity index (χ2n) is 1.85. The summed E-state index contributed by atoms with van der Waals surface area (Å²) in [5, 5.41) is 0. The lowest BCUT2D eigenvalue weighted by Gasteiger charge is -1.97. The molecule has 2 heteroatoms. The van der Waals surface area contributed by atoms with E-state index in [1.165, 1.54) is 0 Å². The van der Waals surface area contributed by atoms with Crippen molar-refractivity contribution in [1.29, 1.82) is 0 Å². The lowest BCUT2D eigenvalue weighted by atomic mass is 10.2. The van der Waals surface area contributed by atoms with Gasteiger partial charge in [-0.25, -0.2) is 0 Å². The largest absolute Gasteiger partial charge is 0.385 e. The van der Waals surface area contributed by atoms with Gasteiger partial charge in [-0.3, -0.25) is 0 Å².